The smallest absolute Gasteiger partial charge is 0.149 e. The fourth-order valence-corrected chi connectivity index (χ4v) is 1.82. The Hall–Kier alpha value is -1.16. The van der Waals surface area contributed by atoms with E-state index in [9.17, 15) is 8.78 Å². The molecule has 1 aromatic carbocycles. The van der Waals surface area contributed by atoms with Crippen molar-refractivity contribution < 1.29 is 8.78 Å². The molecule has 1 aromatic rings. The average Bonchev–Trinajstić information content (AvgIpc) is 2.34. The number of halogens is 2. The minimum absolute atomic E-state index is 0.0598. The number of hydrogen-bond donors (Lipinski definition) is 1. The first-order valence-electron chi connectivity index (χ1n) is 6.42. The van der Waals surface area contributed by atoms with Crippen LogP contribution in [-0.2, 0) is 6.54 Å². The molecule has 1 unspecified atom stereocenters. The summed E-state index contributed by atoms with van der Waals surface area (Å²) in [4.78, 5) is 1.65. The van der Waals surface area contributed by atoms with Crippen molar-refractivity contribution >= 4 is 5.69 Å². The summed E-state index contributed by atoms with van der Waals surface area (Å²) in [5.41, 5.74) is 0.692. The lowest BCUT2D eigenvalue weighted by molar-refractivity contribution is 0.552. The molecule has 0 radical (unpaired) electrons. The maximum absolute atomic E-state index is 14.0. The van der Waals surface area contributed by atoms with Crippen LogP contribution in [0.5, 0.6) is 0 Å². The minimum atomic E-state index is -0.495. The summed E-state index contributed by atoms with van der Waals surface area (Å²) in [5, 5.41) is 3.05. The van der Waals surface area contributed by atoms with Crippen molar-refractivity contribution in [3.8, 4) is 0 Å². The zero-order valence-electron chi connectivity index (χ0n) is 11.6. The Morgan fingerprint density at radius 2 is 1.78 bits per heavy atom. The summed E-state index contributed by atoms with van der Waals surface area (Å²) >= 11 is 0. The van der Waals surface area contributed by atoms with E-state index in [-0.39, 0.29) is 11.7 Å². The van der Waals surface area contributed by atoms with Gasteiger partial charge in [-0.1, -0.05) is 13.8 Å². The number of nitrogens with one attached hydrogen (secondary N) is 1. The quantitative estimate of drug-likeness (QED) is 0.840. The van der Waals surface area contributed by atoms with Crippen molar-refractivity contribution in [2.45, 2.75) is 39.8 Å². The topological polar surface area (TPSA) is 15.3 Å². The van der Waals surface area contributed by atoms with Crippen molar-refractivity contribution in [3.63, 3.8) is 0 Å². The SMILES string of the molecule is CCNCc1cc(F)c(N(C)C(C)CC)c(F)c1. The van der Waals surface area contributed by atoms with Gasteiger partial charge in [0.25, 0.3) is 0 Å². The normalized spacial score (nSPS) is 12.6. The van der Waals surface area contributed by atoms with Crippen molar-refractivity contribution in [2.24, 2.45) is 0 Å². The lowest BCUT2D eigenvalue weighted by Crippen LogP contribution is -2.30. The van der Waals surface area contributed by atoms with Gasteiger partial charge in [-0.3, -0.25) is 0 Å². The molecule has 1 N–H and O–H groups in total. The van der Waals surface area contributed by atoms with Crippen molar-refractivity contribution in [1.29, 1.82) is 0 Å². The van der Waals surface area contributed by atoms with Crippen LogP contribution in [0.2, 0.25) is 0 Å². The molecule has 0 spiro atoms. The van der Waals surface area contributed by atoms with Gasteiger partial charge in [0.05, 0.1) is 0 Å². The summed E-state index contributed by atoms with van der Waals surface area (Å²) in [6.45, 7) is 7.16. The lowest BCUT2D eigenvalue weighted by Gasteiger charge is -2.27. The summed E-state index contributed by atoms with van der Waals surface area (Å²) in [6.07, 6.45) is 0.842. The van der Waals surface area contributed by atoms with E-state index in [1.54, 1.807) is 11.9 Å². The van der Waals surface area contributed by atoms with Gasteiger partial charge >= 0.3 is 0 Å². The van der Waals surface area contributed by atoms with Crippen LogP contribution in [0.25, 0.3) is 0 Å². The Morgan fingerprint density at radius 3 is 2.22 bits per heavy atom. The maximum Gasteiger partial charge on any atom is 0.149 e. The standard InChI is InChI=1S/C14H22F2N2/c1-5-10(3)18(4)14-12(15)7-11(8-13(14)16)9-17-6-2/h7-8,10,17H,5-6,9H2,1-4H3. The highest BCUT2D eigenvalue weighted by Crippen LogP contribution is 2.26. The molecule has 1 atom stereocenters. The predicted molar refractivity (Wildman–Crippen MR) is 71.9 cm³/mol. The Bertz CT molecular complexity index is 370. The number of anilines is 1. The highest BCUT2D eigenvalue weighted by molar-refractivity contribution is 5.50. The monoisotopic (exact) mass is 256 g/mol. The Morgan fingerprint density at radius 1 is 1.22 bits per heavy atom. The number of rotatable bonds is 6. The molecule has 0 heterocycles. The van der Waals surface area contributed by atoms with E-state index < -0.39 is 11.6 Å². The van der Waals surface area contributed by atoms with Crippen LogP contribution >= 0.6 is 0 Å². The summed E-state index contributed by atoms with van der Waals surface area (Å²) in [5.74, 6) is -0.989. The first kappa shape index (κ1) is 14.9. The van der Waals surface area contributed by atoms with E-state index in [1.807, 2.05) is 20.8 Å². The molecule has 0 saturated carbocycles. The Balaban J connectivity index is 3.00. The third kappa shape index (κ3) is 3.42. The van der Waals surface area contributed by atoms with Gasteiger partial charge in [-0.2, -0.15) is 0 Å². The molecule has 1 rings (SSSR count). The molecule has 102 valence electrons. The maximum atomic E-state index is 14.0. The summed E-state index contributed by atoms with van der Waals surface area (Å²) in [6, 6.07) is 2.91. The number of nitrogens with zero attached hydrogens (tertiary/aromatic N) is 1. The van der Waals surface area contributed by atoms with Gasteiger partial charge < -0.3 is 10.2 Å². The highest BCUT2D eigenvalue weighted by atomic mass is 19.1. The van der Waals surface area contributed by atoms with Gasteiger partial charge in [0.2, 0.25) is 0 Å². The second kappa shape index (κ2) is 6.69. The molecule has 0 bridgehead atoms. The van der Waals surface area contributed by atoms with Crippen LogP contribution < -0.4 is 10.2 Å². The molecular weight excluding hydrogens is 234 g/mol. The van der Waals surface area contributed by atoms with Crippen molar-refractivity contribution in [2.75, 3.05) is 18.5 Å². The molecule has 0 amide bonds. The zero-order chi connectivity index (χ0) is 13.7. The van der Waals surface area contributed by atoms with Crippen LogP contribution in [0, 0.1) is 11.6 Å². The van der Waals surface area contributed by atoms with E-state index in [0.29, 0.717) is 12.1 Å². The van der Waals surface area contributed by atoms with Crippen molar-refractivity contribution in [3.05, 3.63) is 29.3 Å². The molecule has 0 aliphatic rings. The second-order valence-electron chi connectivity index (χ2n) is 4.56. The van der Waals surface area contributed by atoms with Crippen LogP contribution in [0.4, 0.5) is 14.5 Å². The molecule has 2 nitrogen and oxygen atoms in total. The molecule has 0 fully saturated rings. The Kier molecular flexibility index (Phi) is 5.54. The molecule has 18 heavy (non-hydrogen) atoms. The molecule has 0 saturated heterocycles. The third-order valence-electron chi connectivity index (χ3n) is 3.26. The zero-order valence-corrected chi connectivity index (χ0v) is 11.6. The number of benzene rings is 1. The molecule has 4 heteroatoms. The molecule has 0 aliphatic carbocycles. The number of hydrogen-bond acceptors (Lipinski definition) is 2. The summed E-state index contributed by atoms with van der Waals surface area (Å²) < 4.78 is 28.0. The van der Waals surface area contributed by atoms with E-state index in [1.165, 1.54) is 12.1 Å². The lowest BCUT2D eigenvalue weighted by atomic mass is 10.1. The first-order chi connectivity index (χ1) is 8.51. The predicted octanol–water partition coefficient (Wildman–Crippen LogP) is 3.31. The van der Waals surface area contributed by atoms with E-state index in [0.717, 1.165) is 13.0 Å². The van der Waals surface area contributed by atoms with Gasteiger partial charge in [0, 0.05) is 19.6 Å². The van der Waals surface area contributed by atoms with E-state index >= 15 is 0 Å². The average molecular weight is 256 g/mol. The van der Waals surface area contributed by atoms with Gasteiger partial charge in [-0.05, 0) is 37.6 Å². The van der Waals surface area contributed by atoms with Gasteiger partial charge in [-0.25, -0.2) is 8.78 Å². The molecule has 0 aromatic heterocycles. The van der Waals surface area contributed by atoms with Gasteiger partial charge in [-0.15, -0.1) is 0 Å². The van der Waals surface area contributed by atoms with E-state index in [2.05, 4.69) is 5.32 Å². The molecular formula is C14H22F2N2. The fourth-order valence-electron chi connectivity index (χ4n) is 1.82. The highest BCUT2D eigenvalue weighted by Gasteiger charge is 2.18. The van der Waals surface area contributed by atoms with Gasteiger partial charge in [0.1, 0.15) is 17.3 Å². The molecule has 0 aliphatic heterocycles. The first-order valence-corrected chi connectivity index (χ1v) is 6.42. The van der Waals surface area contributed by atoms with Crippen LogP contribution in [0.15, 0.2) is 12.1 Å². The minimum Gasteiger partial charge on any atom is -0.367 e. The largest absolute Gasteiger partial charge is 0.367 e. The van der Waals surface area contributed by atoms with Crippen LogP contribution in [-0.4, -0.2) is 19.6 Å². The summed E-state index contributed by atoms with van der Waals surface area (Å²) in [7, 11) is 1.72. The van der Waals surface area contributed by atoms with E-state index in [4.69, 9.17) is 0 Å². The van der Waals surface area contributed by atoms with Crippen LogP contribution in [0.3, 0.4) is 0 Å². The van der Waals surface area contributed by atoms with Gasteiger partial charge in [0.15, 0.2) is 0 Å². The third-order valence-corrected chi connectivity index (χ3v) is 3.26. The van der Waals surface area contributed by atoms with Crippen molar-refractivity contribution in [1.82, 2.24) is 5.32 Å². The second-order valence-corrected chi connectivity index (χ2v) is 4.56. The fraction of sp³-hybridized carbons (Fsp3) is 0.571. The Labute approximate surface area is 108 Å². The van der Waals surface area contributed by atoms with Crippen LogP contribution in [0.1, 0.15) is 32.8 Å².